The average molecular weight is 276 g/mol. The van der Waals surface area contributed by atoms with Gasteiger partial charge in [0, 0.05) is 6.42 Å². The minimum Gasteiger partial charge on any atom is -0.388 e. The molecule has 0 aliphatic carbocycles. The maximum Gasteiger partial charge on any atom is 0.0830 e. The van der Waals surface area contributed by atoms with Gasteiger partial charge in [-0.1, -0.05) is 60.7 Å². The van der Waals surface area contributed by atoms with E-state index in [1.54, 1.807) is 0 Å². The summed E-state index contributed by atoms with van der Waals surface area (Å²) in [4.78, 5) is 0. The summed E-state index contributed by atoms with van der Waals surface area (Å²) in [5.74, 6) is 0. The normalized spacial score (nSPS) is 12.5. The molecule has 1 heteroatoms. The maximum atomic E-state index is 10.5. The number of aliphatic hydroxyl groups is 1. The molecular weight excluding hydrogens is 256 g/mol. The highest BCUT2D eigenvalue weighted by Crippen LogP contribution is 2.23. The third-order valence-electron chi connectivity index (χ3n) is 4.16. The monoisotopic (exact) mass is 276 g/mol. The lowest BCUT2D eigenvalue weighted by molar-refractivity contribution is 0.178. The third kappa shape index (κ3) is 2.98. The fourth-order valence-electron chi connectivity index (χ4n) is 2.68. The first-order valence-electron chi connectivity index (χ1n) is 7.36. The van der Waals surface area contributed by atoms with E-state index >= 15 is 0 Å². The Hall–Kier alpha value is -2.12. The van der Waals surface area contributed by atoms with E-state index in [9.17, 15) is 5.11 Å². The first-order chi connectivity index (χ1) is 10.1. The van der Waals surface area contributed by atoms with Gasteiger partial charge in [-0.05, 0) is 46.9 Å². The minimum atomic E-state index is -0.453. The van der Waals surface area contributed by atoms with Gasteiger partial charge < -0.3 is 5.11 Å². The predicted molar refractivity (Wildman–Crippen MR) is 88.5 cm³/mol. The van der Waals surface area contributed by atoms with Crippen LogP contribution in [0.25, 0.3) is 10.8 Å². The van der Waals surface area contributed by atoms with Crippen molar-refractivity contribution in [2.24, 2.45) is 0 Å². The molecular formula is C20H20O. The summed E-state index contributed by atoms with van der Waals surface area (Å²) in [6, 6.07) is 20.9. The van der Waals surface area contributed by atoms with Crippen LogP contribution in [0.5, 0.6) is 0 Å². The maximum absolute atomic E-state index is 10.5. The summed E-state index contributed by atoms with van der Waals surface area (Å²) in [7, 11) is 0. The van der Waals surface area contributed by atoms with Gasteiger partial charge in [-0.2, -0.15) is 0 Å². The lowest BCUT2D eigenvalue weighted by Gasteiger charge is -2.13. The molecule has 0 saturated heterocycles. The average Bonchev–Trinajstić information content (AvgIpc) is 2.50. The quantitative estimate of drug-likeness (QED) is 0.733. The van der Waals surface area contributed by atoms with E-state index in [0.29, 0.717) is 6.42 Å². The summed E-state index contributed by atoms with van der Waals surface area (Å²) in [6.45, 7) is 4.18. The first kappa shape index (κ1) is 13.8. The molecule has 1 N–H and O–H groups in total. The highest BCUT2D eigenvalue weighted by molar-refractivity contribution is 5.83. The Bertz CT molecular complexity index is 774. The number of hydrogen-bond donors (Lipinski definition) is 1. The molecule has 0 aromatic heterocycles. The molecule has 0 amide bonds. The zero-order valence-electron chi connectivity index (χ0n) is 12.5. The van der Waals surface area contributed by atoms with Crippen molar-refractivity contribution < 1.29 is 5.11 Å². The molecule has 1 nitrogen and oxygen atoms in total. The standard InChI is InChI=1S/C20H20O/c1-14-7-9-19(11-15(14)2)20(21)13-16-8-10-17-5-3-4-6-18(17)12-16/h3-12,20-21H,13H2,1-2H3. The summed E-state index contributed by atoms with van der Waals surface area (Å²) in [6.07, 6.45) is 0.193. The molecule has 0 bridgehead atoms. The molecule has 0 radical (unpaired) electrons. The van der Waals surface area contributed by atoms with Crippen LogP contribution in [-0.2, 0) is 6.42 Å². The van der Waals surface area contributed by atoms with Gasteiger partial charge >= 0.3 is 0 Å². The predicted octanol–water partition coefficient (Wildman–Crippen LogP) is 4.73. The Morgan fingerprint density at radius 2 is 1.57 bits per heavy atom. The molecule has 1 atom stereocenters. The molecule has 0 aliphatic heterocycles. The Morgan fingerprint density at radius 1 is 0.810 bits per heavy atom. The van der Waals surface area contributed by atoms with Crippen molar-refractivity contribution >= 4 is 10.8 Å². The van der Waals surface area contributed by atoms with Crippen molar-refractivity contribution in [1.82, 2.24) is 0 Å². The lowest BCUT2D eigenvalue weighted by atomic mass is 9.97. The van der Waals surface area contributed by atoms with Gasteiger partial charge in [0.1, 0.15) is 0 Å². The van der Waals surface area contributed by atoms with Crippen molar-refractivity contribution in [3.8, 4) is 0 Å². The number of fused-ring (bicyclic) bond motifs is 1. The zero-order valence-corrected chi connectivity index (χ0v) is 12.5. The topological polar surface area (TPSA) is 20.2 Å². The molecule has 3 aromatic carbocycles. The number of aliphatic hydroxyl groups excluding tert-OH is 1. The molecule has 1 unspecified atom stereocenters. The Morgan fingerprint density at radius 3 is 2.33 bits per heavy atom. The third-order valence-corrected chi connectivity index (χ3v) is 4.16. The zero-order chi connectivity index (χ0) is 14.8. The first-order valence-corrected chi connectivity index (χ1v) is 7.36. The highest BCUT2D eigenvalue weighted by atomic mass is 16.3. The van der Waals surface area contributed by atoms with Crippen molar-refractivity contribution in [3.63, 3.8) is 0 Å². The van der Waals surface area contributed by atoms with Gasteiger partial charge in [0.05, 0.1) is 6.10 Å². The van der Waals surface area contributed by atoms with E-state index in [0.717, 1.165) is 5.56 Å². The largest absolute Gasteiger partial charge is 0.388 e. The molecule has 106 valence electrons. The smallest absolute Gasteiger partial charge is 0.0830 e. The van der Waals surface area contributed by atoms with E-state index in [2.05, 4.69) is 56.3 Å². The van der Waals surface area contributed by atoms with Crippen LogP contribution in [-0.4, -0.2) is 5.11 Å². The molecule has 0 heterocycles. The van der Waals surface area contributed by atoms with Gasteiger partial charge in [-0.15, -0.1) is 0 Å². The van der Waals surface area contributed by atoms with Crippen LogP contribution in [0.3, 0.4) is 0 Å². The highest BCUT2D eigenvalue weighted by Gasteiger charge is 2.10. The number of benzene rings is 3. The SMILES string of the molecule is Cc1ccc(C(O)Cc2ccc3ccccc3c2)cc1C. The molecule has 0 fully saturated rings. The summed E-state index contributed by atoms with van der Waals surface area (Å²) in [5, 5.41) is 12.9. The fourth-order valence-corrected chi connectivity index (χ4v) is 2.68. The molecule has 0 saturated carbocycles. The van der Waals surface area contributed by atoms with Gasteiger partial charge in [0.2, 0.25) is 0 Å². The Labute approximate surface area is 125 Å². The van der Waals surface area contributed by atoms with Crippen LogP contribution >= 0.6 is 0 Å². The van der Waals surface area contributed by atoms with E-state index < -0.39 is 6.10 Å². The van der Waals surface area contributed by atoms with Gasteiger partial charge in [0.15, 0.2) is 0 Å². The van der Waals surface area contributed by atoms with Crippen LogP contribution in [0, 0.1) is 13.8 Å². The molecule has 21 heavy (non-hydrogen) atoms. The van der Waals surface area contributed by atoms with Crippen LogP contribution in [0.2, 0.25) is 0 Å². The van der Waals surface area contributed by atoms with Crippen LogP contribution in [0.15, 0.2) is 60.7 Å². The van der Waals surface area contributed by atoms with E-state index in [4.69, 9.17) is 0 Å². The summed E-state index contributed by atoms with van der Waals surface area (Å²) < 4.78 is 0. The Balaban J connectivity index is 1.85. The van der Waals surface area contributed by atoms with Crippen LogP contribution < -0.4 is 0 Å². The van der Waals surface area contributed by atoms with E-state index in [1.807, 2.05) is 18.2 Å². The number of aryl methyl sites for hydroxylation is 2. The molecule has 3 rings (SSSR count). The molecule has 3 aromatic rings. The second-order valence-corrected chi connectivity index (χ2v) is 5.75. The second kappa shape index (κ2) is 5.71. The number of rotatable bonds is 3. The van der Waals surface area contributed by atoms with Gasteiger partial charge in [-0.3, -0.25) is 0 Å². The van der Waals surface area contributed by atoms with E-state index in [-0.39, 0.29) is 0 Å². The lowest BCUT2D eigenvalue weighted by Crippen LogP contribution is -2.02. The van der Waals surface area contributed by atoms with Crippen molar-refractivity contribution in [1.29, 1.82) is 0 Å². The minimum absolute atomic E-state index is 0.453. The van der Waals surface area contributed by atoms with Crippen LogP contribution in [0.4, 0.5) is 0 Å². The summed E-state index contributed by atoms with van der Waals surface area (Å²) in [5.41, 5.74) is 4.65. The summed E-state index contributed by atoms with van der Waals surface area (Å²) >= 11 is 0. The van der Waals surface area contributed by atoms with Crippen molar-refractivity contribution in [2.45, 2.75) is 26.4 Å². The van der Waals surface area contributed by atoms with Gasteiger partial charge in [0.25, 0.3) is 0 Å². The van der Waals surface area contributed by atoms with Crippen LogP contribution in [0.1, 0.15) is 28.4 Å². The molecule has 0 aliphatic rings. The number of hydrogen-bond acceptors (Lipinski definition) is 1. The van der Waals surface area contributed by atoms with E-state index in [1.165, 1.54) is 27.5 Å². The Kier molecular flexibility index (Phi) is 3.76. The van der Waals surface area contributed by atoms with Crippen molar-refractivity contribution in [2.75, 3.05) is 0 Å². The fraction of sp³-hybridized carbons (Fsp3) is 0.200. The van der Waals surface area contributed by atoms with Crippen molar-refractivity contribution in [3.05, 3.63) is 82.9 Å². The van der Waals surface area contributed by atoms with Gasteiger partial charge in [-0.25, -0.2) is 0 Å². The molecule has 0 spiro atoms. The second-order valence-electron chi connectivity index (χ2n) is 5.75.